The third-order valence-corrected chi connectivity index (χ3v) is 1.81. The van der Waals surface area contributed by atoms with Gasteiger partial charge in [-0.05, 0) is 25.0 Å². The van der Waals surface area contributed by atoms with Gasteiger partial charge in [-0.15, -0.1) is 0 Å². The third kappa shape index (κ3) is 1.42. The lowest BCUT2D eigenvalue weighted by Crippen LogP contribution is -2.15. The Labute approximate surface area is 65.6 Å². The third-order valence-electron chi connectivity index (χ3n) is 1.81. The number of nitrogens with two attached hydrogens (primary N) is 1. The van der Waals surface area contributed by atoms with E-state index < -0.39 is 0 Å². The van der Waals surface area contributed by atoms with Crippen molar-refractivity contribution in [3.05, 3.63) is 18.3 Å². The van der Waals surface area contributed by atoms with Crippen molar-refractivity contribution in [2.45, 2.75) is 18.9 Å². The first kappa shape index (κ1) is 6.46. The number of anilines is 2. The number of H-pyrrole nitrogens is 1. The van der Waals surface area contributed by atoms with Gasteiger partial charge < -0.3 is 5.73 Å². The number of aromatic amines is 1. The summed E-state index contributed by atoms with van der Waals surface area (Å²) in [7, 11) is 0. The highest BCUT2D eigenvalue weighted by Crippen LogP contribution is 2.24. The highest BCUT2D eigenvalue weighted by atomic mass is 15.0. The molecule has 0 unspecified atom stereocenters. The zero-order valence-electron chi connectivity index (χ0n) is 6.30. The Bertz CT molecular complexity index is 255. The van der Waals surface area contributed by atoms with E-state index in [2.05, 4.69) is 10.3 Å². The minimum atomic E-state index is 0.649. The first-order chi connectivity index (χ1) is 5.36. The van der Waals surface area contributed by atoms with Crippen molar-refractivity contribution in [2.24, 2.45) is 0 Å². The normalized spacial score (nSPS) is 16.4. The second-order valence-corrected chi connectivity index (χ2v) is 2.92. The summed E-state index contributed by atoms with van der Waals surface area (Å²) < 4.78 is 0. The zero-order chi connectivity index (χ0) is 7.68. The molecule has 0 amide bonds. The lowest BCUT2D eigenvalue weighted by molar-refractivity contribution is -0.360. The molecule has 2 rings (SSSR count). The molecule has 0 aromatic carbocycles. The lowest BCUT2D eigenvalue weighted by atomic mass is 10.4. The zero-order valence-corrected chi connectivity index (χ0v) is 6.30. The first-order valence-electron chi connectivity index (χ1n) is 3.89. The molecule has 4 N–H and O–H groups in total. The number of nitrogen functional groups attached to an aromatic ring is 1. The fourth-order valence-corrected chi connectivity index (χ4v) is 1.01. The molecule has 0 saturated heterocycles. The smallest absolute Gasteiger partial charge is 0.295 e. The molecule has 3 nitrogen and oxygen atoms in total. The highest BCUT2D eigenvalue weighted by molar-refractivity contribution is 5.57. The van der Waals surface area contributed by atoms with Crippen LogP contribution < -0.4 is 16.0 Å². The van der Waals surface area contributed by atoms with Crippen molar-refractivity contribution in [1.82, 2.24) is 0 Å². The summed E-state index contributed by atoms with van der Waals surface area (Å²) in [4.78, 5) is 3.07. The predicted molar refractivity (Wildman–Crippen MR) is 44.1 cm³/mol. The minimum Gasteiger partial charge on any atom is -0.392 e. The second kappa shape index (κ2) is 2.42. The molecule has 0 aliphatic heterocycles. The fraction of sp³-hybridized carbons (Fsp3) is 0.375. The summed E-state index contributed by atoms with van der Waals surface area (Å²) in [6, 6.07) is 4.44. The van der Waals surface area contributed by atoms with Crippen LogP contribution in [-0.2, 0) is 0 Å². The van der Waals surface area contributed by atoms with Crippen LogP contribution >= 0.6 is 0 Å². The monoisotopic (exact) mass is 150 g/mol. The summed E-state index contributed by atoms with van der Waals surface area (Å²) in [6.45, 7) is 0. The minimum absolute atomic E-state index is 0.649. The average molecular weight is 150 g/mol. The van der Waals surface area contributed by atoms with Gasteiger partial charge >= 0.3 is 0 Å². The van der Waals surface area contributed by atoms with E-state index in [1.165, 1.54) is 12.8 Å². The Hall–Kier alpha value is -1.25. The summed E-state index contributed by atoms with van der Waals surface area (Å²) in [6.07, 6.45) is 4.41. The Morgan fingerprint density at radius 1 is 1.55 bits per heavy atom. The Kier molecular flexibility index (Phi) is 1.42. The second-order valence-electron chi connectivity index (χ2n) is 2.92. The molecule has 1 aliphatic carbocycles. The predicted octanol–water partition coefficient (Wildman–Crippen LogP) is 0.657. The molecule has 1 aromatic heterocycles. The molecule has 1 heterocycles. The molecule has 0 spiro atoms. The van der Waals surface area contributed by atoms with Crippen molar-refractivity contribution < 1.29 is 4.98 Å². The average Bonchev–Trinajstić information content (AvgIpc) is 2.78. The first-order valence-corrected chi connectivity index (χ1v) is 3.89. The molecule has 11 heavy (non-hydrogen) atoms. The molecule has 0 bridgehead atoms. The molecule has 1 aromatic rings. The van der Waals surface area contributed by atoms with E-state index in [9.17, 15) is 0 Å². The van der Waals surface area contributed by atoms with E-state index in [0.717, 1.165) is 11.5 Å². The van der Waals surface area contributed by atoms with Gasteiger partial charge in [0.25, 0.3) is 5.82 Å². The summed E-state index contributed by atoms with van der Waals surface area (Å²) in [5.41, 5.74) is 6.49. The van der Waals surface area contributed by atoms with Gasteiger partial charge in [-0.3, -0.25) is 5.32 Å². The van der Waals surface area contributed by atoms with Crippen LogP contribution in [0.4, 0.5) is 11.5 Å². The van der Waals surface area contributed by atoms with E-state index in [4.69, 9.17) is 5.73 Å². The molecule has 0 atom stereocenters. The number of hydrogen-bond donors (Lipinski definition) is 2. The standard InChI is InChI=1S/C8H11N3/c9-7-2-1-5-10-8(7)11-6-3-4-6/h1-2,5-6H,3-4,9H2,(H,10,11)/p+1. The Morgan fingerprint density at radius 3 is 3.00 bits per heavy atom. The van der Waals surface area contributed by atoms with Gasteiger partial charge in [0.1, 0.15) is 5.69 Å². The Balaban J connectivity index is 2.15. The Morgan fingerprint density at radius 2 is 2.36 bits per heavy atom. The van der Waals surface area contributed by atoms with Crippen LogP contribution in [0.3, 0.4) is 0 Å². The van der Waals surface area contributed by atoms with Gasteiger partial charge in [-0.25, -0.2) is 4.98 Å². The van der Waals surface area contributed by atoms with Crippen LogP contribution in [0.2, 0.25) is 0 Å². The largest absolute Gasteiger partial charge is 0.392 e. The van der Waals surface area contributed by atoms with Gasteiger partial charge in [0, 0.05) is 0 Å². The van der Waals surface area contributed by atoms with Gasteiger partial charge in [0.15, 0.2) is 0 Å². The molecule has 3 heteroatoms. The summed E-state index contributed by atoms with van der Waals surface area (Å²) in [5, 5.41) is 3.30. The number of rotatable bonds is 2. The maximum Gasteiger partial charge on any atom is 0.295 e. The van der Waals surface area contributed by atoms with Crippen molar-refractivity contribution in [3.63, 3.8) is 0 Å². The highest BCUT2D eigenvalue weighted by Gasteiger charge is 2.27. The van der Waals surface area contributed by atoms with Crippen molar-refractivity contribution >= 4 is 11.5 Å². The molecular weight excluding hydrogens is 138 g/mol. The molecular formula is C8H12N3+. The van der Waals surface area contributed by atoms with Crippen LogP contribution in [0.1, 0.15) is 12.8 Å². The molecule has 58 valence electrons. The van der Waals surface area contributed by atoms with Crippen molar-refractivity contribution in [3.8, 4) is 0 Å². The van der Waals surface area contributed by atoms with Gasteiger partial charge in [0.05, 0.1) is 12.2 Å². The van der Waals surface area contributed by atoms with Crippen LogP contribution in [-0.4, -0.2) is 6.04 Å². The maximum atomic E-state index is 5.70. The number of pyridine rings is 1. The van der Waals surface area contributed by atoms with Crippen LogP contribution in [0.15, 0.2) is 18.3 Å². The number of nitrogens with one attached hydrogen (secondary N) is 2. The van der Waals surface area contributed by atoms with E-state index in [1.807, 2.05) is 18.3 Å². The van der Waals surface area contributed by atoms with Crippen molar-refractivity contribution in [1.29, 1.82) is 0 Å². The fourth-order valence-electron chi connectivity index (χ4n) is 1.01. The van der Waals surface area contributed by atoms with E-state index in [0.29, 0.717) is 6.04 Å². The SMILES string of the molecule is Nc1ccc[nH+]c1NC1CC1. The van der Waals surface area contributed by atoms with E-state index in [-0.39, 0.29) is 0 Å². The van der Waals surface area contributed by atoms with Gasteiger partial charge in [-0.2, -0.15) is 0 Å². The number of aromatic nitrogens is 1. The maximum absolute atomic E-state index is 5.70. The lowest BCUT2D eigenvalue weighted by Gasteiger charge is -1.97. The van der Waals surface area contributed by atoms with Crippen LogP contribution in [0, 0.1) is 0 Å². The van der Waals surface area contributed by atoms with E-state index in [1.54, 1.807) is 0 Å². The van der Waals surface area contributed by atoms with Crippen LogP contribution in [0.25, 0.3) is 0 Å². The molecule has 0 radical (unpaired) electrons. The van der Waals surface area contributed by atoms with Gasteiger partial charge in [-0.1, -0.05) is 0 Å². The molecule has 1 saturated carbocycles. The topological polar surface area (TPSA) is 52.2 Å². The quantitative estimate of drug-likeness (QED) is 0.650. The van der Waals surface area contributed by atoms with Crippen LogP contribution in [0.5, 0.6) is 0 Å². The summed E-state index contributed by atoms with van der Waals surface area (Å²) in [5.74, 6) is 0.954. The number of hydrogen-bond acceptors (Lipinski definition) is 2. The van der Waals surface area contributed by atoms with E-state index >= 15 is 0 Å². The summed E-state index contributed by atoms with van der Waals surface area (Å²) >= 11 is 0. The molecule has 1 fully saturated rings. The van der Waals surface area contributed by atoms with Crippen molar-refractivity contribution in [2.75, 3.05) is 11.1 Å². The van der Waals surface area contributed by atoms with Gasteiger partial charge in [0.2, 0.25) is 0 Å². The molecule has 1 aliphatic rings.